The third kappa shape index (κ3) is 1.73. The maximum Gasteiger partial charge on any atom is 0.166 e. The van der Waals surface area contributed by atoms with Crippen molar-refractivity contribution in [3.05, 3.63) is 59.9 Å². The van der Waals surface area contributed by atoms with E-state index in [1.807, 2.05) is 30.5 Å². The van der Waals surface area contributed by atoms with Crippen molar-refractivity contribution in [1.29, 1.82) is 0 Å². The molecule has 0 radical (unpaired) electrons. The fourth-order valence-electron chi connectivity index (χ4n) is 1.86. The van der Waals surface area contributed by atoms with E-state index >= 15 is 0 Å². The minimum atomic E-state index is 0.598. The Morgan fingerprint density at radius 3 is 3.00 bits per heavy atom. The van der Waals surface area contributed by atoms with Crippen LogP contribution in [0.25, 0.3) is 5.65 Å². The van der Waals surface area contributed by atoms with E-state index in [0.29, 0.717) is 12.1 Å². The van der Waals surface area contributed by atoms with Crippen LogP contribution in [0.4, 0.5) is 0 Å². The molecule has 0 fully saturated rings. The largest absolute Gasteiger partial charge is 0.469 e. The predicted molar refractivity (Wildman–Crippen MR) is 62.1 cm³/mol. The number of hydrogen-bond donors (Lipinski definition) is 0. The lowest BCUT2D eigenvalue weighted by molar-refractivity contribution is 0.111. The smallest absolute Gasteiger partial charge is 0.166 e. The highest BCUT2D eigenvalue weighted by atomic mass is 16.3. The summed E-state index contributed by atoms with van der Waals surface area (Å²) in [5.41, 5.74) is 2.26. The zero-order valence-corrected chi connectivity index (χ0v) is 9.04. The fraction of sp³-hybridized carbons (Fsp3) is 0.0769. The quantitative estimate of drug-likeness (QED) is 0.644. The summed E-state index contributed by atoms with van der Waals surface area (Å²) in [4.78, 5) is 15.3. The van der Waals surface area contributed by atoms with E-state index in [9.17, 15) is 4.79 Å². The molecule has 4 heteroatoms. The van der Waals surface area contributed by atoms with Crippen molar-refractivity contribution in [2.24, 2.45) is 0 Å². The number of aldehydes is 1. The predicted octanol–water partition coefficient (Wildman–Crippen LogP) is 2.33. The SMILES string of the molecule is O=Cc1cccc2nc(Cc3ccco3)cn12. The molecule has 84 valence electrons. The van der Waals surface area contributed by atoms with Gasteiger partial charge in [0.05, 0.1) is 17.7 Å². The Hall–Kier alpha value is -2.36. The Balaban J connectivity index is 2.04. The number of carbonyl (C=O) groups excluding carboxylic acids is 1. The number of hydrogen-bond acceptors (Lipinski definition) is 3. The summed E-state index contributed by atoms with van der Waals surface area (Å²) in [6, 6.07) is 9.21. The molecule has 3 rings (SSSR count). The van der Waals surface area contributed by atoms with Gasteiger partial charge in [-0.25, -0.2) is 4.98 Å². The van der Waals surface area contributed by atoms with Crippen LogP contribution >= 0.6 is 0 Å². The Morgan fingerprint density at radius 2 is 2.24 bits per heavy atom. The molecule has 0 aromatic carbocycles. The molecule has 0 N–H and O–H groups in total. The van der Waals surface area contributed by atoms with Gasteiger partial charge >= 0.3 is 0 Å². The van der Waals surface area contributed by atoms with Crippen LogP contribution in [-0.4, -0.2) is 15.7 Å². The van der Waals surface area contributed by atoms with E-state index < -0.39 is 0 Å². The van der Waals surface area contributed by atoms with Crippen molar-refractivity contribution >= 4 is 11.9 Å². The van der Waals surface area contributed by atoms with Gasteiger partial charge in [0.25, 0.3) is 0 Å². The van der Waals surface area contributed by atoms with Crippen LogP contribution in [0.15, 0.2) is 47.2 Å². The van der Waals surface area contributed by atoms with E-state index in [-0.39, 0.29) is 0 Å². The van der Waals surface area contributed by atoms with Crippen LogP contribution in [-0.2, 0) is 6.42 Å². The first kappa shape index (κ1) is 9.84. The van der Waals surface area contributed by atoms with Crippen molar-refractivity contribution < 1.29 is 9.21 Å². The van der Waals surface area contributed by atoms with Crippen molar-refractivity contribution in [2.45, 2.75) is 6.42 Å². The summed E-state index contributed by atoms with van der Waals surface area (Å²) in [6.45, 7) is 0. The first-order valence-electron chi connectivity index (χ1n) is 5.31. The Bertz CT molecular complexity index is 653. The van der Waals surface area contributed by atoms with Gasteiger partial charge in [-0.05, 0) is 24.3 Å². The van der Waals surface area contributed by atoms with Crippen LogP contribution < -0.4 is 0 Å². The summed E-state index contributed by atoms with van der Waals surface area (Å²) in [5.74, 6) is 0.862. The maximum atomic E-state index is 10.9. The zero-order valence-electron chi connectivity index (χ0n) is 9.04. The van der Waals surface area contributed by atoms with Gasteiger partial charge in [0.2, 0.25) is 0 Å². The van der Waals surface area contributed by atoms with Gasteiger partial charge in [-0.2, -0.15) is 0 Å². The molecule has 0 bridgehead atoms. The molecule has 17 heavy (non-hydrogen) atoms. The van der Waals surface area contributed by atoms with Crippen LogP contribution in [0, 0.1) is 0 Å². The van der Waals surface area contributed by atoms with Crippen LogP contribution in [0.5, 0.6) is 0 Å². The maximum absolute atomic E-state index is 10.9. The summed E-state index contributed by atoms with van der Waals surface area (Å²) < 4.78 is 7.05. The standard InChI is InChI=1S/C13H10N2O2/c16-9-11-3-1-5-13-14-10(8-15(11)13)7-12-4-2-6-17-12/h1-6,8-9H,7H2. The van der Waals surface area contributed by atoms with Gasteiger partial charge in [0.1, 0.15) is 11.4 Å². The first-order valence-corrected chi connectivity index (χ1v) is 5.31. The van der Waals surface area contributed by atoms with Crippen LogP contribution in [0.1, 0.15) is 21.9 Å². The van der Waals surface area contributed by atoms with Gasteiger partial charge in [0.15, 0.2) is 6.29 Å². The van der Waals surface area contributed by atoms with Crippen molar-refractivity contribution in [1.82, 2.24) is 9.38 Å². The van der Waals surface area contributed by atoms with Crippen LogP contribution in [0.2, 0.25) is 0 Å². The van der Waals surface area contributed by atoms with E-state index in [1.54, 1.807) is 16.7 Å². The average Bonchev–Trinajstić information content (AvgIpc) is 2.97. The van der Waals surface area contributed by atoms with Gasteiger partial charge in [-0.3, -0.25) is 9.20 Å². The highest BCUT2D eigenvalue weighted by Gasteiger charge is 2.06. The summed E-state index contributed by atoms with van der Waals surface area (Å²) in [5, 5.41) is 0. The molecule has 3 aromatic heterocycles. The lowest BCUT2D eigenvalue weighted by Gasteiger charge is -1.94. The number of fused-ring (bicyclic) bond motifs is 1. The highest BCUT2D eigenvalue weighted by Crippen LogP contribution is 2.12. The molecule has 0 saturated carbocycles. The number of nitrogens with zero attached hydrogens (tertiary/aromatic N) is 2. The van der Waals surface area contributed by atoms with Gasteiger partial charge in [0, 0.05) is 12.6 Å². The lowest BCUT2D eigenvalue weighted by atomic mass is 10.3. The third-order valence-electron chi connectivity index (χ3n) is 2.63. The molecule has 4 nitrogen and oxygen atoms in total. The molecule has 0 saturated heterocycles. The second-order valence-electron chi connectivity index (χ2n) is 3.79. The van der Waals surface area contributed by atoms with Crippen LogP contribution in [0.3, 0.4) is 0 Å². The number of furan rings is 1. The molecule has 3 heterocycles. The van der Waals surface area contributed by atoms with Crippen molar-refractivity contribution in [3.8, 4) is 0 Å². The Morgan fingerprint density at radius 1 is 1.29 bits per heavy atom. The molecule has 0 aliphatic carbocycles. The van der Waals surface area contributed by atoms with Gasteiger partial charge in [-0.15, -0.1) is 0 Å². The van der Waals surface area contributed by atoms with E-state index in [2.05, 4.69) is 4.98 Å². The van der Waals surface area contributed by atoms with E-state index in [0.717, 1.165) is 23.4 Å². The number of rotatable bonds is 3. The second kappa shape index (κ2) is 3.90. The molecule has 0 aliphatic heterocycles. The van der Waals surface area contributed by atoms with Gasteiger partial charge < -0.3 is 4.42 Å². The normalized spacial score (nSPS) is 10.8. The highest BCUT2D eigenvalue weighted by molar-refractivity contribution is 5.73. The topological polar surface area (TPSA) is 47.5 Å². The molecule has 0 atom stereocenters. The number of imidazole rings is 1. The monoisotopic (exact) mass is 226 g/mol. The molecule has 0 unspecified atom stereocenters. The van der Waals surface area contributed by atoms with Crippen molar-refractivity contribution in [2.75, 3.05) is 0 Å². The number of aromatic nitrogens is 2. The lowest BCUT2D eigenvalue weighted by Crippen LogP contribution is -1.92. The van der Waals surface area contributed by atoms with Crippen molar-refractivity contribution in [3.63, 3.8) is 0 Å². The molecule has 3 aromatic rings. The average molecular weight is 226 g/mol. The summed E-state index contributed by atoms with van der Waals surface area (Å²) in [7, 11) is 0. The number of pyridine rings is 1. The Kier molecular flexibility index (Phi) is 2.26. The molecular formula is C13H10N2O2. The summed E-state index contributed by atoms with van der Waals surface area (Å²) in [6.07, 6.45) is 4.96. The Labute approximate surface area is 97.5 Å². The minimum absolute atomic E-state index is 0.598. The summed E-state index contributed by atoms with van der Waals surface area (Å²) >= 11 is 0. The third-order valence-corrected chi connectivity index (χ3v) is 2.63. The number of carbonyl (C=O) groups is 1. The van der Waals surface area contributed by atoms with E-state index in [1.165, 1.54) is 0 Å². The zero-order chi connectivity index (χ0) is 11.7. The molecule has 0 amide bonds. The van der Waals surface area contributed by atoms with Gasteiger partial charge in [-0.1, -0.05) is 6.07 Å². The second-order valence-corrected chi connectivity index (χ2v) is 3.79. The van der Waals surface area contributed by atoms with E-state index in [4.69, 9.17) is 4.42 Å². The molecule has 0 spiro atoms. The molecule has 0 aliphatic rings. The molecular weight excluding hydrogens is 216 g/mol. The fourth-order valence-corrected chi connectivity index (χ4v) is 1.86. The first-order chi connectivity index (χ1) is 8.36. The minimum Gasteiger partial charge on any atom is -0.469 e.